The molecule has 0 radical (unpaired) electrons. The first-order chi connectivity index (χ1) is 16.4. The summed E-state index contributed by atoms with van der Waals surface area (Å²) in [4.78, 5) is 45.3. The third-order valence-corrected chi connectivity index (χ3v) is 5.60. The number of carbonyl (C=O) groups excluding carboxylic acids is 2. The Hall–Kier alpha value is -4.20. The highest BCUT2D eigenvalue weighted by Gasteiger charge is 2.25. The average molecular weight is 459 g/mol. The smallest absolute Gasteiger partial charge is 0.259 e. The molecule has 2 aliphatic rings. The predicted octanol–water partition coefficient (Wildman–Crippen LogP) is 4.74. The molecule has 174 valence electrons. The molecule has 0 saturated heterocycles. The van der Waals surface area contributed by atoms with Crippen molar-refractivity contribution < 1.29 is 14.0 Å². The van der Waals surface area contributed by atoms with Gasteiger partial charge in [0.05, 0.1) is 5.56 Å². The molecule has 8 nitrogen and oxygen atoms in total. The van der Waals surface area contributed by atoms with Gasteiger partial charge >= 0.3 is 0 Å². The number of para-hydroxylation sites is 1. The quantitative estimate of drug-likeness (QED) is 0.388. The van der Waals surface area contributed by atoms with Crippen LogP contribution in [0.25, 0.3) is 22.6 Å². The first-order valence-electron chi connectivity index (χ1n) is 11.3. The topological polar surface area (TPSA) is 105 Å². The van der Waals surface area contributed by atoms with Crippen LogP contribution < -0.4 is 21.0 Å². The van der Waals surface area contributed by atoms with E-state index >= 15 is 0 Å². The Bertz CT molecular complexity index is 1380. The van der Waals surface area contributed by atoms with E-state index in [-0.39, 0.29) is 29.3 Å². The van der Waals surface area contributed by atoms with E-state index < -0.39 is 11.3 Å². The summed E-state index contributed by atoms with van der Waals surface area (Å²) in [5.41, 5.74) is 2.00. The van der Waals surface area contributed by atoms with Crippen LogP contribution >= 0.6 is 0 Å². The molecular formula is C26H26N4O4. The van der Waals surface area contributed by atoms with Gasteiger partial charge in [-0.1, -0.05) is 25.1 Å². The standard InChI is InChI=1S/C26H26N4O4/c1-4-22(31)29-23-24(32)18(26(33)27-16-10-8-7-9-11-16)15-20-25(23)34-21-14-17(30(5-2)6-3)12-13-19(21)28-20/h7-15H,4-6H2,1-3H3,(H,27,33)(H,29,31). The number of benzene rings is 3. The Morgan fingerprint density at radius 2 is 1.71 bits per heavy atom. The molecular weight excluding hydrogens is 432 g/mol. The molecule has 2 aromatic carbocycles. The summed E-state index contributed by atoms with van der Waals surface area (Å²) in [5, 5.41) is 5.32. The van der Waals surface area contributed by atoms with Gasteiger partial charge in [-0.15, -0.1) is 0 Å². The minimum Gasteiger partial charge on any atom is -0.450 e. The van der Waals surface area contributed by atoms with Gasteiger partial charge in [0.25, 0.3) is 5.91 Å². The Labute approximate surface area is 196 Å². The maximum absolute atomic E-state index is 13.3. The second kappa shape index (κ2) is 9.74. The second-order valence-electron chi connectivity index (χ2n) is 7.74. The number of nitrogens with one attached hydrogen (secondary N) is 2. The number of amides is 2. The van der Waals surface area contributed by atoms with Gasteiger partial charge in [-0.25, -0.2) is 4.98 Å². The SMILES string of the molecule is CCC(=O)Nc1c2oc3cc(N(CC)CC)ccc3nc-2cc(C(=O)Nc2ccccc2)c1=O. The molecule has 34 heavy (non-hydrogen) atoms. The molecule has 0 aromatic heterocycles. The molecule has 0 fully saturated rings. The molecule has 1 aliphatic carbocycles. The van der Waals surface area contributed by atoms with Gasteiger partial charge in [0, 0.05) is 37.0 Å². The molecule has 0 bridgehead atoms. The third-order valence-electron chi connectivity index (χ3n) is 5.60. The Balaban J connectivity index is 1.89. The molecule has 2 aromatic rings. The Kier molecular flexibility index (Phi) is 6.58. The van der Waals surface area contributed by atoms with E-state index in [4.69, 9.17) is 4.42 Å². The molecule has 8 heteroatoms. The van der Waals surface area contributed by atoms with Gasteiger partial charge in [-0.2, -0.15) is 0 Å². The van der Waals surface area contributed by atoms with Crippen LogP contribution in [0.2, 0.25) is 0 Å². The summed E-state index contributed by atoms with van der Waals surface area (Å²) in [6.07, 6.45) is 0.161. The number of hydrogen-bond donors (Lipinski definition) is 2. The lowest BCUT2D eigenvalue weighted by Crippen LogP contribution is -2.26. The summed E-state index contributed by atoms with van der Waals surface area (Å²) in [7, 11) is 0. The van der Waals surface area contributed by atoms with E-state index in [1.54, 1.807) is 31.2 Å². The van der Waals surface area contributed by atoms with E-state index in [1.807, 2.05) is 24.3 Å². The molecule has 1 heterocycles. The minimum atomic E-state index is -0.632. The maximum Gasteiger partial charge on any atom is 0.259 e. The van der Waals surface area contributed by atoms with E-state index in [0.717, 1.165) is 18.8 Å². The van der Waals surface area contributed by atoms with Crippen LogP contribution in [-0.4, -0.2) is 29.9 Å². The van der Waals surface area contributed by atoms with Crippen LogP contribution in [0, 0.1) is 0 Å². The number of fused-ring (bicyclic) bond motifs is 2. The lowest BCUT2D eigenvalue weighted by atomic mass is 10.1. The molecule has 4 rings (SSSR count). The van der Waals surface area contributed by atoms with Crippen LogP contribution in [0.3, 0.4) is 0 Å². The number of aromatic nitrogens is 1. The number of carbonyl (C=O) groups is 2. The fourth-order valence-corrected chi connectivity index (χ4v) is 3.75. The Morgan fingerprint density at radius 3 is 2.38 bits per heavy atom. The van der Waals surface area contributed by atoms with Gasteiger partial charge in [-0.3, -0.25) is 14.4 Å². The molecule has 0 saturated carbocycles. The van der Waals surface area contributed by atoms with Gasteiger partial charge in [0.2, 0.25) is 11.3 Å². The summed E-state index contributed by atoms with van der Waals surface area (Å²) in [6, 6.07) is 15.9. The summed E-state index contributed by atoms with van der Waals surface area (Å²) in [6.45, 7) is 7.45. The summed E-state index contributed by atoms with van der Waals surface area (Å²) in [5.74, 6) is -0.831. The van der Waals surface area contributed by atoms with Crippen molar-refractivity contribution in [2.24, 2.45) is 0 Å². The molecule has 2 N–H and O–H groups in total. The van der Waals surface area contributed by atoms with Crippen LogP contribution in [0.1, 0.15) is 37.6 Å². The number of anilines is 3. The van der Waals surface area contributed by atoms with Crippen LogP contribution in [0.5, 0.6) is 0 Å². The first kappa shape index (κ1) is 23.0. The highest BCUT2D eigenvalue weighted by Crippen LogP contribution is 2.32. The van der Waals surface area contributed by atoms with Gasteiger partial charge < -0.3 is 20.0 Å². The fourth-order valence-electron chi connectivity index (χ4n) is 3.75. The predicted molar refractivity (Wildman–Crippen MR) is 134 cm³/mol. The lowest BCUT2D eigenvalue weighted by Gasteiger charge is -2.21. The highest BCUT2D eigenvalue weighted by molar-refractivity contribution is 6.07. The van der Waals surface area contributed by atoms with Crippen LogP contribution in [-0.2, 0) is 4.79 Å². The molecule has 0 spiro atoms. The number of nitrogens with zero attached hydrogens (tertiary/aromatic N) is 2. The Morgan fingerprint density at radius 1 is 0.971 bits per heavy atom. The van der Waals surface area contributed by atoms with Crippen molar-refractivity contribution in [2.75, 3.05) is 28.6 Å². The van der Waals surface area contributed by atoms with Crippen molar-refractivity contribution in [2.45, 2.75) is 27.2 Å². The van der Waals surface area contributed by atoms with Crippen LogP contribution in [0.15, 0.2) is 63.8 Å². The lowest BCUT2D eigenvalue weighted by molar-refractivity contribution is -0.115. The zero-order valence-corrected chi connectivity index (χ0v) is 19.3. The van der Waals surface area contributed by atoms with E-state index in [9.17, 15) is 14.4 Å². The van der Waals surface area contributed by atoms with Crippen molar-refractivity contribution >= 4 is 40.0 Å². The first-order valence-corrected chi connectivity index (χ1v) is 11.3. The van der Waals surface area contributed by atoms with Crippen molar-refractivity contribution in [1.29, 1.82) is 0 Å². The average Bonchev–Trinajstić information content (AvgIpc) is 2.85. The van der Waals surface area contributed by atoms with E-state index in [1.165, 1.54) is 6.07 Å². The van der Waals surface area contributed by atoms with E-state index in [2.05, 4.69) is 34.4 Å². The van der Waals surface area contributed by atoms with Crippen LogP contribution in [0.4, 0.5) is 17.1 Å². The second-order valence-corrected chi connectivity index (χ2v) is 7.74. The van der Waals surface area contributed by atoms with Gasteiger partial charge in [0.1, 0.15) is 16.9 Å². The monoisotopic (exact) mass is 458 g/mol. The largest absolute Gasteiger partial charge is 0.450 e. The summed E-state index contributed by atoms with van der Waals surface area (Å²) >= 11 is 0. The highest BCUT2D eigenvalue weighted by atomic mass is 16.3. The molecule has 1 aliphatic heterocycles. The zero-order valence-electron chi connectivity index (χ0n) is 19.3. The van der Waals surface area contributed by atoms with Crippen molar-refractivity contribution in [3.63, 3.8) is 0 Å². The van der Waals surface area contributed by atoms with E-state index in [0.29, 0.717) is 22.5 Å². The number of hydrogen-bond acceptors (Lipinski definition) is 6. The molecule has 0 atom stereocenters. The zero-order chi connectivity index (χ0) is 24.2. The molecule has 2 amide bonds. The third kappa shape index (κ3) is 4.47. The van der Waals surface area contributed by atoms with Gasteiger partial charge in [0.15, 0.2) is 11.3 Å². The molecule has 0 unspecified atom stereocenters. The fraction of sp³-hybridized carbons (Fsp3) is 0.231. The number of rotatable bonds is 7. The maximum atomic E-state index is 13.3. The summed E-state index contributed by atoms with van der Waals surface area (Å²) < 4.78 is 6.10. The van der Waals surface area contributed by atoms with Crippen molar-refractivity contribution in [3.05, 3.63) is 70.4 Å². The van der Waals surface area contributed by atoms with Crippen molar-refractivity contribution in [1.82, 2.24) is 4.98 Å². The van der Waals surface area contributed by atoms with Crippen molar-refractivity contribution in [3.8, 4) is 11.5 Å². The minimum absolute atomic E-state index is 0.0924. The van der Waals surface area contributed by atoms with Gasteiger partial charge in [-0.05, 0) is 44.2 Å². The normalized spacial score (nSPS) is 10.9.